The van der Waals surface area contributed by atoms with Gasteiger partial charge in [-0.05, 0) is 55.0 Å². The summed E-state index contributed by atoms with van der Waals surface area (Å²) in [6.45, 7) is 1.91. The van der Waals surface area contributed by atoms with Crippen LogP contribution in [0, 0.1) is 10.1 Å². The first-order chi connectivity index (χ1) is 15.4. The van der Waals surface area contributed by atoms with Gasteiger partial charge in [-0.15, -0.1) is 0 Å². The highest BCUT2D eigenvalue weighted by Gasteiger charge is 2.20. The Morgan fingerprint density at radius 1 is 1.03 bits per heavy atom. The molecule has 1 N–H and O–H groups in total. The molecule has 1 heterocycles. The molecule has 0 bridgehead atoms. The van der Waals surface area contributed by atoms with Crippen LogP contribution in [0.15, 0.2) is 84.9 Å². The average molecular weight is 447 g/mol. The van der Waals surface area contributed by atoms with Crippen LogP contribution in [0.2, 0.25) is 5.02 Å². The molecule has 7 nitrogen and oxygen atoms in total. The van der Waals surface area contributed by atoms with E-state index in [9.17, 15) is 14.9 Å². The van der Waals surface area contributed by atoms with E-state index >= 15 is 0 Å². The molecule has 0 saturated carbocycles. The van der Waals surface area contributed by atoms with Gasteiger partial charge >= 0.3 is 0 Å². The summed E-state index contributed by atoms with van der Waals surface area (Å²) in [5, 5.41) is 19.1. The van der Waals surface area contributed by atoms with Crippen LogP contribution in [0.3, 0.4) is 0 Å². The number of non-ortho nitro benzene ring substituents is 1. The minimum atomic E-state index is -0.458. The first-order valence-corrected chi connectivity index (χ1v) is 10.3. The van der Waals surface area contributed by atoms with Crippen LogP contribution in [0.5, 0.6) is 0 Å². The molecule has 0 aliphatic heterocycles. The van der Waals surface area contributed by atoms with E-state index in [0.29, 0.717) is 27.7 Å². The number of aromatic nitrogens is 2. The van der Waals surface area contributed by atoms with Gasteiger partial charge in [-0.3, -0.25) is 14.9 Å². The number of rotatable bonds is 6. The highest BCUT2D eigenvalue weighted by Crippen LogP contribution is 2.25. The monoisotopic (exact) mass is 446 g/mol. The molecule has 0 aliphatic rings. The summed E-state index contributed by atoms with van der Waals surface area (Å²) in [4.78, 5) is 23.7. The van der Waals surface area contributed by atoms with Crippen molar-refractivity contribution in [1.82, 2.24) is 15.1 Å². The van der Waals surface area contributed by atoms with Gasteiger partial charge in [0, 0.05) is 22.7 Å². The van der Waals surface area contributed by atoms with Crippen LogP contribution in [-0.4, -0.2) is 20.6 Å². The lowest BCUT2D eigenvalue weighted by atomic mass is 10.1. The summed E-state index contributed by atoms with van der Waals surface area (Å²) < 4.78 is 1.54. The highest BCUT2D eigenvalue weighted by atomic mass is 35.5. The summed E-state index contributed by atoms with van der Waals surface area (Å²) in [6, 6.07) is 24.1. The molecule has 0 spiro atoms. The van der Waals surface area contributed by atoms with Crippen molar-refractivity contribution in [2.75, 3.05) is 0 Å². The Bertz CT molecular complexity index is 1250. The molecule has 160 valence electrons. The second-order valence-electron chi connectivity index (χ2n) is 7.21. The molecule has 8 heteroatoms. The van der Waals surface area contributed by atoms with Gasteiger partial charge in [0.15, 0.2) is 0 Å². The number of benzene rings is 3. The molecule has 32 heavy (non-hydrogen) atoms. The minimum Gasteiger partial charge on any atom is -0.344 e. The molecule has 0 fully saturated rings. The van der Waals surface area contributed by atoms with Gasteiger partial charge < -0.3 is 5.32 Å². The second-order valence-corrected chi connectivity index (χ2v) is 7.65. The molecule has 1 aromatic heterocycles. The maximum absolute atomic E-state index is 13.2. The summed E-state index contributed by atoms with van der Waals surface area (Å²) in [5.74, 6) is -0.294. The van der Waals surface area contributed by atoms with E-state index in [1.807, 2.05) is 37.3 Å². The quantitative estimate of drug-likeness (QED) is 0.308. The molecule has 1 atom stereocenters. The van der Waals surface area contributed by atoms with Gasteiger partial charge in [0.1, 0.15) is 5.69 Å². The fraction of sp³-hybridized carbons (Fsp3) is 0.0833. The Labute approximate surface area is 189 Å². The number of amides is 1. The van der Waals surface area contributed by atoms with Gasteiger partial charge in [0.05, 0.1) is 22.3 Å². The predicted octanol–water partition coefficient (Wildman–Crippen LogP) is 5.59. The van der Waals surface area contributed by atoms with Crippen molar-refractivity contribution >= 4 is 23.2 Å². The molecular formula is C24H19ClN4O3. The lowest BCUT2D eigenvalue weighted by Crippen LogP contribution is -2.28. The van der Waals surface area contributed by atoms with E-state index in [2.05, 4.69) is 10.4 Å². The highest BCUT2D eigenvalue weighted by molar-refractivity contribution is 6.30. The second kappa shape index (κ2) is 9.03. The molecule has 1 amide bonds. The van der Waals surface area contributed by atoms with Gasteiger partial charge in [-0.2, -0.15) is 5.10 Å². The van der Waals surface area contributed by atoms with Crippen molar-refractivity contribution in [2.24, 2.45) is 0 Å². The fourth-order valence-corrected chi connectivity index (χ4v) is 3.44. The Balaban J connectivity index is 1.71. The maximum atomic E-state index is 13.2. The van der Waals surface area contributed by atoms with Gasteiger partial charge in [-0.25, -0.2) is 4.68 Å². The normalized spacial score (nSPS) is 11.7. The van der Waals surface area contributed by atoms with Crippen molar-refractivity contribution in [2.45, 2.75) is 13.0 Å². The van der Waals surface area contributed by atoms with E-state index in [1.54, 1.807) is 47.1 Å². The Morgan fingerprint density at radius 3 is 2.31 bits per heavy atom. The zero-order valence-electron chi connectivity index (χ0n) is 17.1. The summed E-state index contributed by atoms with van der Waals surface area (Å²) in [6.07, 6.45) is 0. The van der Waals surface area contributed by atoms with Crippen molar-refractivity contribution in [1.29, 1.82) is 0 Å². The molecule has 4 rings (SSSR count). The molecule has 3 aromatic carbocycles. The molecule has 0 unspecified atom stereocenters. The molecule has 0 aliphatic carbocycles. The number of nitro groups is 1. The average Bonchev–Trinajstić information content (AvgIpc) is 3.26. The number of nitrogens with zero attached hydrogens (tertiary/aromatic N) is 3. The number of carbonyl (C=O) groups excluding carboxylic acids is 1. The first-order valence-electron chi connectivity index (χ1n) is 9.89. The molecule has 0 saturated heterocycles. The lowest BCUT2D eigenvalue weighted by Gasteiger charge is -2.15. The third kappa shape index (κ3) is 4.53. The maximum Gasteiger partial charge on any atom is 0.270 e. The number of hydrogen-bond acceptors (Lipinski definition) is 4. The van der Waals surface area contributed by atoms with Gasteiger partial charge in [0.25, 0.3) is 11.6 Å². The smallest absolute Gasteiger partial charge is 0.270 e. The van der Waals surface area contributed by atoms with Crippen LogP contribution in [-0.2, 0) is 0 Å². The lowest BCUT2D eigenvalue weighted by molar-refractivity contribution is -0.384. The van der Waals surface area contributed by atoms with E-state index in [4.69, 9.17) is 11.6 Å². The van der Waals surface area contributed by atoms with Gasteiger partial charge in [-0.1, -0.05) is 41.9 Å². The first kappa shape index (κ1) is 21.3. The van der Waals surface area contributed by atoms with E-state index < -0.39 is 4.92 Å². The molecule has 0 radical (unpaired) electrons. The van der Waals surface area contributed by atoms with Crippen LogP contribution in [0.25, 0.3) is 16.9 Å². The third-order valence-electron chi connectivity index (χ3n) is 5.03. The van der Waals surface area contributed by atoms with Crippen molar-refractivity contribution in [3.05, 3.63) is 111 Å². The molecule has 4 aromatic rings. The summed E-state index contributed by atoms with van der Waals surface area (Å²) >= 11 is 6.02. The fourth-order valence-electron chi connectivity index (χ4n) is 3.31. The van der Waals surface area contributed by atoms with Crippen molar-refractivity contribution < 1.29 is 9.72 Å². The van der Waals surface area contributed by atoms with Crippen LogP contribution < -0.4 is 5.32 Å². The topological polar surface area (TPSA) is 90.1 Å². The summed E-state index contributed by atoms with van der Waals surface area (Å²) in [7, 11) is 0. The zero-order valence-corrected chi connectivity index (χ0v) is 17.9. The molecular weight excluding hydrogens is 428 g/mol. The zero-order chi connectivity index (χ0) is 22.7. The van der Waals surface area contributed by atoms with Crippen LogP contribution in [0.1, 0.15) is 29.0 Å². The number of nitro benzene ring substituents is 1. The van der Waals surface area contributed by atoms with Crippen molar-refractivity contribution in [3.8, 4) is 16.9 Å². The third-order valence-corrected chi connectivity index (χ3v) is 5.29. The van der Waals surface area contributed by atoms with E-state index in [1.165, 1.54) is 12.1 Å². The predicted molar refractivity (Wildman–Crippen MR) is 123 cm³/mol. The van der Waals surface area contributed by atoms with Crippen molar-refractivity contribution in [3.63, 3.8) is 0 Å². The standard InChI is InChI=1S/C24H19ClN4O3/c1-16(17-5-3-2-4-6-17)26-24(30)23-15-22(18-7-11-21(12-8-18)29(31)32)27-28(23)20-13-9-19(25)10-14-20/h2-16H,1H3,(H,26,30)/t16-/m0/s1. The number of halogens is 1. The number of nitrogens with one attached hydrogen (secondary N) is 1. The van der Waals surface area contributed by atoms with E-state index in [-0.39, 0.29) is 17.6 Å². The van der Waals surface area contributed by atoms with Crippen LogP contribution >= 0.6 is 11.6 Å². The Kier molecular flexibility index (Phi) is 6.00. The minimum absolute atomic E-state index is 0.0134. The van der Waals surface area contributed by atoms with Crippen LogP contribution in [0.4, 0.5) is 5.69 Å². The van der Waals surface area contributed by atoms with E-state index in [0.717, 1.165) is 5.56 Å². The number of carbonyl (C=O) groups is 1. The number of hydrogen-bond donors (Lipinski definition) is 1. The van der Waals surface area contributed by atoms with Gasteiger partial charge in [0.2, 0.25) is 0 Å². The Hall–Kier alpha value is -3.97. The largest absolute Gasteiger partial charge is 0.344 e. The summed E-state index contributed by atoms with van der Waals surface area (Å²) in [5.41, 5.74) is 3.15. The SMILES string of the molecule is C[C@H](NC(=O)c1cc(-c2ccc([N+](=O)[O-])cc2)nn1-c1ccc(Cl)cc1)c1ccccc1. The Morgan fingerprint density at radius 2 is 1.69 bits per heavy atom.